The van der Waals surface area contributed by atoms with Gasteiger partial charge in [0.1, 0.15) is 5.25 Å². The van der Waals surface area contributed by atoms with Crippen LogP contribution in [0, 0.1) is 29.1 Å². The van der Waals surface area contributed by atoms with Crippen molar-refractivity contribution >= 4 is 23.6 Å². The van der Waals surface area contributed by atoms with Crippen molar-refractivity contribution in [2.75, 3.05) is 13.2 Å². The SMILES string of the molecule is C[C@@H](Sc1ccccc1)C(=O)OCC(=O)N(CCC#N)C12CC3CC(CC(C3)C1)C2. The number of amides is 1. The summed E-state index contributed by atoms with van der Waals surface area (Å²) in [4.78, 5) is 28.6. The van der Waals surface area contributed by atoms with Crippen molar-refractivity contribution in [3.63, 3.8) is 0 Å². The van der Waals surface area contributed by atoms with E-state index in [4.69, 9.17) is 10.00 Å². The van der Waals surface area contributed by atoms with Crippen LogP contribution in [0.25, 0.3) is 0 Å². The van der Waals surface area contributed by atoms with Crippen molar-refractivity contribution in [3.8, 4) is 6.07 Å². The molecule has 30 heavy (non-hydrogen) atoms. The number of rotatable bonds is 8. The quantitative estimate of drug-likeness (QED) is 0.454. The Hall–Kier alpha value is -2.00. The molecule has 4 aliphatic rings. The van der Waals surface area contributed by atoms with Crippen LogP contribution >= 0.6 is 11.8 Å². The Morgan fingerprint density at radius 3 is 2.33 bits per heavy atom. The van der Waals surface area contributed by atoms with Crippen molar-refractivity contribution < 1.29 is 14.3 Å². The molecule has 1 amide bonds. The van der Waals surface area contributed by atoms with Crippen LogP contribution < -0.4 is 0 Å². The highest BCUT2D eigenvalue weighted by Crippen LogP contribution is 2.57. The molecule has 1 atom stereocenters. The number of ether oxygens (including phenoxy) is 1. The fraction of sp³-hybridized carbons (Fsp3) is 0.625. The monoisotopic (exact) mass is 426 g/mol. The molecule has 6 heteroatoms. The van der Waals surface area contributed by atoms with E-state index in [-0.39, 0.29) is 29.3 Å². The second-order valence-corrected chi connectivity index (χ2v) is 10.7. The maximum Gasteiger partial charge on any atom is 0.319 e. The standard InChI is InChI=1S/C24H30N2O3S/c1-17(30-21-6-3-2-4-7-21)23(28)29-16-22(27)26(9-5-8-25)24-13-18-10-19(14-24)12-20(11-18)15-24/h2-4,6-7,17-20H,5,9-16H2,1H3/t17-,18?,19?,20?,24?/m1/s1. The molecule has 1 aromatic rings. The van der Waals surface area contributed by atoms with E-state index in [0.717, 1.165) is 24.2 Å². The van der Waals surface area contributed by atoms with Gasteiger partial charge in [-0.25, -0.2) is 0 Å². The van der Waals surface area contributed by atoms with Gasteiger partial charge in [-0.3, -0.25) is 9.59 Å². The van der Waals surface area contributed by atoms with Gasteiger partial charge in [0.15, 0.2) is 6.61 Å². The lowest BCUT2D eigenvalue weighted by Crippen LogP contribution is -2.62. The van der Waals surface area contributed by atoms with Gasteiger partial charge in [-0.15, -0.1) is 11.8 Å². The van der Waals surface area contributed by atoms with Crippen LogP contribution in [-0.2, 0) is 14.3 Å². The number of esters is 1. The summed E-state index contributed by atoms with van der Waals surface area (Å²) >= 11 is 1.43. The topological polar surface area (TPSA) is 70.4 Å². The molecule has 0 heterocycles. The second-order valence-electron chi connectivity index (χ2n) is 9.28. The summed E-state index contributed by atoms with van der Waals surface area (Å²) in [6.07, 6.45) is 7.34. The molecule has 1 aromatic carbocycles. The van der Waals surface area contributed by atoms with Gasteiger partial charge in [0.25, 0.3) is 5.91 Å². The maximum atomic E-state index is 13.2. The number of carbonyl (C=O) groups excluding carboxylic acids is 2. The van der Waals surface area contributed by atoms with Gasteiger partial charge < -0.3 is 9.64 Å². The normalized spacial score (nSPS) is 29.8. The van der Waals surface area contributed by atoms with E-state index in [0.29, 0.717) is 30.7 Å². The van der Waals surface area contributed by atoms with Crippen LogP contribution in [0.15, 0.2) is 35.2 Å². The Morgan fingerprint density at radius 2 is 1.77 bits per heavy atom. The minimum atomic E-state index is -0.382. The van der Waals surface area contributed by atoms with Gasteiger partial charge in [-0.05, 0) is 75.3 Å². The highest BCUT2D eigenvalue weighted by Gasteiger charge is 2.54. The molecule has 160 valence electrons. The number of thioether (sulfide) groups is 1. The molecule has 0 aliphatic heterocycles. The number of hydrogen-bond acceptors (Lipinski definition) is 5. The van der Waals surface area contributed by atoms with Crippen LogP contribution in [0.2, 0.25) is 0 Å². The molecule has 4 fully saturated rings. The third-order valence-corrected chi connectivity index (χ3v) is 8.14. The molecule has 4 bridgehead atoms. The van der Waals surface area contributed by atoms with E-state index in [2.05, 4.69) is 6.07 Å². The van der Waals surface area contributed by atoms with Crippen molar-refractivity contribution in [2.45, 2.75) is 67.6 Å². The van der Waals surface area contributed by atoms with E-state index >= 15 is 0 Å². The average molecular weight is 427 g/mol. The number of hydrogen-bond donors (Lipinski definition) is 0. The number of nitriles is 1. The Bertz CT molecular complexity index is 784. The average Bonchev–Trinajstić information content (AvgIpc) is 2.71. The fourth-order valence-corrected chi connectivity index (χ4v) is 7.15. The Balaban J connectivity index is 1.38. The number of carbonyl (C=O) groups is 2. The molecule has 4 saturated carbocycles. The van der Waals surface area contributed by atoms with Crippen LogP contribution in [0.5, 0.6) is 0 Å². The van der Waals surface area contributed by atoms with Gasteiger partial charge in [0, 0.05) is 17.0 Å². The van der Waals surface area contributed by atoms with Gasteiger partial charge in [-0.2, -0.15) is 5.26 Å². The predicted molar refractivity (Wildman–Crippen MR) is 116 cm³/mol. The third kappa shape index (κ3) is 4.51. The molecule has 0 aromatic heterocycles. The summed E-state index contributed by atoms with van der Waals surface area (Å²) in [5.74, 6) is 1.61. The Morgan fingerprint density at radius 1 is 1.17 bits per heavy atom. The highest BCUT2D eigenvalue weighted by atomic mass is 32.2. The van der Waals surface area contributed by atoms with Crippen molar-refractivity contribution in [2.24, 2.45) is 17.8 Å². The van der Waals surface area contributed by atoms with Gasteiger partial charge in [0.2, 0.25) is 0 Å². The van der Waals surface area contributed by atoms with Crippen molar-refractivity contribution in [1.29, 1.82) is 5.26 Å². The Kier molecular flexibility index (Phi) is 6.38. The van der Waals surface area contributed by atoms with Gasteiger partial charge >= 0.3 is 5.97 Å². The summed E-state index contributed by atoms with van der Waals surface area (Å²) in [6, 6.07) is 11.9. The summed E-state index contributed by atoms with van der Waals surface area (Å²) in [5, 5.41) is 8.75. The maximum absolute atomic E-state index is 13.2. The zero-order valence-electron chi connectivity index (χ0n) is 17.6. The first-order valence-electron chi connectivity index (χ1n) is 11.0. The Labute approximate surface area is 183 Å². The van der Waals surface area contributed by atoms with Crippen LogP contribution in [0.4, 0.5) is 0 Å². The predicted octanol–water partition coefficient (Wildman–Crippen LogP) is 4.42. The van der Waals surface area contributed by atoms with E-state index in [1.165, 1.54) is 31.0 Å². The number of nitrogens with zero attached hydrogens (tertiary/aromatic N) is 2. The molecule has 0 spiro atoms. The molecule has 4 aliphatic carbocycles. The number of benzene rings is 1. The lowest BCUT2D eigenvalue weighted by molar-refractivity contribution is -0.161. The highest BCUT2D eigenvalue weighted by molar-refractivity contribution is 8.00. The smallest absolute Gasteiger partial charge is 0.319 e. The van der Waals surface area contributed by atoms with Gasteiger partial charge in [0.05, 0.1) is 12.5 Å². The lowest BCUT2D eigenvalue weighted by Gasteiger charge is -2.60. The van der Waals surface area contributed by atoms with E-state index < -0.39 is 0 Å². The fourth-order valence-electron chi connectivity index (χ4n) is 6.26. The van der Waals surface area contributed by atoms with Gasteiger partial charge in [-0.1, -0.05) is 18.2 Å². The summed E-state index contributed by atoms with van der Waals surface area (Å²) < 4.78 is 5.43. The first kappa shape index (κ1) is 21.2. The molecule has 5 rings (SSSR count). The third-order valence-electron chi connectivity index (χ3n) is 7.05. The molecular weight excluding hydrogens is 396 g/mol. The zero-order valence-corrected chi connectivity index (χ0v) is 18.4. The largest absolute Gasteiger partial charge is 0.455 e. The van der Waals surface area contributed by atoms with Crippen LogP contribution in [0.3, 0.4) is 0 Å². The first-order valence-corrected chi connectivity index (χ1v) is 11.9. The molecule has 0 saturated heterocycles. The van der Waals surface area contributed by atoms with E-state index in [1.54, 1.807) is 6.92 Å². The summed E-state index contributed by atoms with van der Waals surface area (Å²) in [5.41, 5.74) is -0.126. The van der Waals surface area contributed by atoms with E-state index in [1.807, 2.05) is 35.2 Å². The molecule has 0 unspecified atom stereocenters. The van der Waals surface area contributed by atoms with E-state index in [9.17, 15) is 9.59 Å². The molecule has 0 radical (unpaired) electrons. The zero-order chi connectivity index (χ0) is 21.1. The summed E-state index contributed by atoms with van der Waals surface area (Å²) in [6.45, 7) is 2.01. The lowest BCUT2D eigenvalue weighted by atomic mass is 9.52. The first-order chi connectivity index (χ1) is 14.5. The minimum Gasteiger partial charge on any atom is -0.455 e. The molecule has 5 nitrogen and oxygen atoms in total. The van der Waals surface area contributed by atoms with Crippen LogP contribution in [-0.4, -0.2) is 40.7 Å². The summed E-state index contributed by atoms with van der Waals surface area (Å²) in [7, 11) is 0. The minimum absolute atomic E-state index is 0.126. The van der Waals surface area contributed by atoms with Crippen LogP contribution in [0.1, 0.15) is 51.9 Å². The van der Waals surface area contributed by atoms with Crippen molar-refractivity contribution in [1.82, 2.24) is 4.90 Å². The second kappa shape index (κ2) is 9.01. The van der Waals surface area contributed by atoms with Crippen molar-refractivity contribution in [3.05, 3.63) is 30.3 Å². The molecule has 0 N–H and O–H groups in total. The molecular formula is C24H30N2O3S.